The average Bonchev–Trinajstić information content (AvgIpc) is 2.63. The first-order chi connectivity index (χ1) is 8.17. The van der Waals surface area contributed by atoms with Crippen LogP contribution in [0.4, 0.5) is 0 Å². The van der Waals surface area contributed by atoms with Crippen LogP contribution in [-0.2, 0) is 11.3 Å². The van der Waals surface area contributed by atoms with E-state index in [1.165, 1.54) is 0 Å². The maximum atomic E-state index is 5.45. The zero-order chi connectivity index (χ0) is 12.7. The fraction of sp³-hybridized carbons (Fsp3) is 0.636. The first kappa shape index (κ1) is 13.5. The van der Waals surface area contributed by atoms with Crippen LogP contribution in [0.25, 0.3) is 0 Å². The Morgan fingerprint density at radius 2 is 2.18 bits per heavy atom. The summed E-state index contributed by atoms with van der Waals surface area (Å²) in [5, 5.41) is 6.22. The zero-order valence-corrected chi connectivity index (χ0v) is 10.8. The SMILES string of the molecule is CN=C(NCCOC)NCc1nc(C)c(C)o1. The van der Waals surface area contributed by atoms with Gasteiger partial charge in [0.05, 0.1) is 18.8 Å². The van der Waals surface area contributed by atoms with E-state index in [1.807, 2.05) is 13.8 Å². The number of aliphatic imine (C=N–C) groups is 1. The van der Waals surface area contributed by atoms with Gasteiger partial charge in [-0.1, -0.05) is 0 Å². The highest BCUT2D eigenvalue weighted by Crippen LogP contribution is 2.07. The minimum absolute atomic E-state index is 0.515. The van der Waals surface area contributed by atoms with Crippen LogP contribution in [0.3, 0.4) is 0 Å². The molecule has 1 aromatic rings. The third-order valence-electron chi connectivity index (χ3n) is 2.30. The topological polar surface area (TPSA) is 71.7 Å². The molecular formula is C11H20N4O2. The molecule has 17 heavy (non-hydrogen) atoms. The number of rotatable bonds is 5. The predicted molar refractivity (Wildman–Crippen MR) is 66.1 cm³/mol. The fourth-order valence-electron chi connectivity index (χ4n) is 1.27. The maximum absolute atomic E-state index is 5.45. The summed E-state index contributed by atoms with van der Waals surface area (Å²) >= 11 is 0. The number of ether oxygens (including phenoxy) is 1. The number of hydrogen-bond donors (Lipinski definition) is 2. The van der Waals surface area contributed by atoms with Crippen LogP contribution in [-0.4, -0.2) is 38.3 Å². The Hall–Kier alpha value is -1.56. The van der Waals surface area contributed by atoms with Crippen molar-refractivity contribution < 1.29 is 9.15 Å². The highest BCUT2D eigenvalue weighted by atomic mass is 16.5. The highest BCUT2D eigenvalue weighted by Gasteiger charge is 2.05. The molecule has 2 N–H and O–H groups in total. The molecule has 0 fully saturated rings. The van der Waals surface area contributed by atoms with Gasteiger partial charge in [-0.2, -0.15) is 0 Å². The first-order valence-corrected chi connectivity index (χ1v) is 5.53. The van der Waals surface area contributed by atoms with Gasteiger partial charge in [0.2, 0.25) is 5.89 Å². The number of nitrogens with one attached hydrogen (secondary N) is 2. The fourth-order valence-corrected chi connectivity index (χ4v) is 1.27. The van der Waals surface area contributed by atoms with Gasteiger partial charge in [0.1, 0.15) is 5.76 Å². The van der Waals surface area contributed by atoms with E-state index in [-0.39, 0.29) is 0 Å². The second-order valence-corrected chi connectivity index (χ2v) is 3.59. The molecule has 0 radical (unpaired) electrons. The van der Waals surface area contributed by atoms with E-state index in [2.05, 4.69) is 20.6 Å². The molecule has 6 nitrogen and oxygen atoms in total. The molecule has 96 valence electrons. The van der Waals surface area contributed by atoms with Crippen molar-refractivity contribution in [3.63, 3.8) is 0 Å². The molecule has 0 aliphatic heterocycles. The van der Waals surface area contributed by atoms with Crippen LogP contribution >= 0.6 is 0 Å². The molecule has 1 rings (SSSR count). The number of methoxy groups -OCH3 is 1. The summed E-state index contributed by atoms with van der Waals surface area (Å²) in [6.45, 7) is 5.69. The molecule has 0 saturated carbocycles. The molecule has 0 bridgehead atoms. The quantitative estimate of drug-likeness (QED) is 0.448. The molecule has 0 atom stereocenters. The lowest BCUT2D eigenvalue weighted by atomic mass is 10.4. The lowest BCUT2D eigenvalue weighted by Gasteiger charge is -2.09. The predicted octanol–water partition coefficient (Wildman–Crippen LogP) is 0.603. The van der Waals surface area contributed by atoms with Crippen molar-refractivity contribution in [2.75, 3.05) is 27.3 Å². The minimum Gasteiger partial charge on any atom is -0.444 e. The van der Waals surface area contributed by atoms with Crippen LogP contribution in [0.5, 0.6) is 0 Å². The lowest BCUT2D eigenvalue weighted by molar-refractivity contribution is 0.203. The van der Waals surface area contributed by atoms with Gasteiger partial charge in [-0.25, -0.2) is 4.98 Å². The second kappa shape index (κ2) is 6.90. The van der Waals surface area contributed by atoms with Gasteiger partial charge in [-0.05, 0) is 13.8 Å². The number of aryl methyl sites for hydroxylation is 2. The Bertz CT molecular complexity index is 354. The van der Waals surface area contributed by atoms with E-state index in [4.69, 9.17) is 9.15 Å². The molecule has 6 heteroatoms. The summed E-state index contributed by atoms with van der Waals surface area (Å²) in [7, 11) is 3.38. The normalized spacial score (nSPS) is 11.6. The van der Waals surface area contributed by atoms with Crippen LogP contribution in [0, 0.1) is 13.8 Å². The molecule has 0 saturated heterocycles. The Kier molecular flexibility index (Phi) is 5.48. The Balaban J connectivity index is 2.37. The number of oxazole rings is 1. The summed E-state index contributed by atoms with van der Waals surface area (Å²) in [5.74, 6) is 2.22. The smallest absolute Gasteiger partial charge is 0.214 e. The summed E-state index contributed by atoms with van der Waals surface area (Å²) in [6.07, 6.45) is 0. The molecule has 0 amide bonds. The van der Waals surface area contributed by atoms with E-state index in [9.17, 15) is 0 Å². The molecule has 1 heterocycles. The summed E-state index contributed by atoms with van der Waals surface area (Å²) in [6, 6.07) is 0. The largest absolute Gasteiger partial charge is 0.444 e. The van der Waals surface area contributed by atoms with Gasteiger partial charge in [0.15, 0.2) is 5.96 Å². The molecule has 1 aromatic heterocycles. The molecular weight excluding hydrogens is 220 g/mol. The van der Waals surface area contributed by atoms with E-state index in [0.29, 0.717) is 31.5 Å². The van der Waals surface area contributed by atoms with Gasteiger partial charge in [-0.15, -0.1) is 0 Å². The van der Waals surface area contributed by atoms with Gasteiger partial charge in [-0.3, -0.25) is 4.99 Å². The van der Waals surface area contributed by atoms with Crippen molar-refractivity contribution in [1.82, 2.24) is 15.6 Å². The Morgan fingerprint density at radius 3 is 2.71 bits per heavy atom. The van der Waals surface area contributed by atoms with E-state index in [0.717, 1.165) is 11.5 Å². The van der Waals surface area contributed by atoms with Crippen LogP contribution in [0.15, 0.2) is 9.41 Å². The Morgan fingerprint density at radius 1 is 1.41 bits per heavy atom. The van der Waals surface area contributed by atoms with Gasteiger partial charge < -0.3 is 19.8 Å². The van der Waals surface area contributed by atoms with Gasteiger partial charge in [0, 0.05) is 20.7 Å². The van der Waals surface area contributed by atoms with E-state index in [1.54, 1.807) is 14.2 Å². The highest BCUT2D eigenvalue weighted by molar-refractivity contribution is 5.79. The summed E-state index contributed by atoms with van der Waals surface area (Å²) in [4.78, 5) is 8.35. The first-order valence-electron chi connectivity index (χ1n) is 5.53. The van der Waals surface area contributed by atoms with Crippen LogP contribution in [0.2, 0.25) is 0 Å². The number of nitrogens with zero attached hydrogens (tertiary/aromatic N) is 2. The summed E-state index contributed by atoms with van der Waals surface area (Å²) in [5.41, 5.74) is 0.920. The molecule has 0 aliphatic rings. The standard InChI is InChI=1S/C11H20N4O2/c1-8-9(2)17-10(15-8)7-14-11(12-3)13-5-6-16-4/h5-7H2,1-4H3,(H2,12,13,14). The van der Waals surface area contributed by atoms with E-state index < -0.39 is 0 Å². The monoisotopic (exact) mass is 240 g/mol. The second-order valence-electron chi connectivity index (χ2n) is 3.59. The van der Waals surface area contributed by atoms with Gasteiger partial charge >= 0.3 is 0 Å². The molecule has 0 aromatic carbocycles. The van der Waals surface area contributed by atoms with Crippen molar-refractivity contribution in [2.24, 2.45) is 4.99 Å². The average molecular weight is 240 g/mol. The van der Waals surface area contributed by atoms with Crippen LogP contribution < -0.4 is 10.6 Å². The third-order valence-corrected chi connectivity index (χ3v) is 2.30. The zero-order valence-electron chi connectivity index (χ0n) is 10.8. The third kappa shape index (κ3) is 4.44. The Labute approximate surface area is 101 Å². The maximum Gasteiger partial charge on any atom is 0.214 e. The number of hydrogen-bond acceptors (Lipinski definition) is 4. The van der Waals surface area contributed by atoms with Crippen molar-refractivity contribution >= 4 is 5.96 Å². The molecule has 0 unspecified atom stereocenters. The van der Waals surface area contributed by atoms with Crippen molar-refractivity contribution in [3.8, 4) is 0 Å². The van der Waals surface area contributed by atoms with Crippen molar-refractivity contribution in [1.29, 1.82) is 0 Å². The minimum atomic E-state index is 0.515. The summed E-state index contributed by atoms with van der Waals surface area (Å²) < 4.78 is 10.4. The van der Waals surface area contributed by atoms with Crippen molar-refractivity contribution in [2.45, 2.75) is 20.4 Å². The van der Waals surface area contributed by atoms with E-state index >= 15 is 0 Å². The number of guanidine groups is 1. The van der Waals surface area contributed by atoms with Gasteiger partial charge in [0.25, 0.3) is 0 Å². The van der Waals surface area contributed by atoms with Crippen LogP contribution in [0.1, 0.15) is 17.3 Å². The molecule has 0 aliphatic carbocycles. The lowest BCUT2D eigenvalue weighted by Crippen LogP contribution is -2.38. The molecule has 0 spiro atoms. The number of aromatic nitrogens is 1. The van der Waals surface area contributed by atoms with Crippen molar-refractivity contribution in [3.05, 3.63) is 17.3 Å².